The number of aliphatic hydroxyl groups is 1. The summed E-state index contributed by atoms with van der Waals surface area (Å²) < 4.78 is 5.06. The lowest BCUT2D eigenvalue weighted by molar-refractivity contribution is -0.161. The molecule has 0 unspecified atom stereocenters. The summed E-state index contributed by atoms with van der Waals surface area (Å²) in [6.07, 6.45) is 0. The predicted octanol–water partition coefficient (Wildman–Crippen LogP) is 2.79. The molecule has 104 valence electrons. The van der Waals surface area contributed by atoms with Gasteiger partial charge in [0, 0.05) is 0 Å². The topological polar surface area (TPSA) is 46.5 Å². The fourth-order valence-corrected chi connectivity index (χ4v) is 2.11. The van der Waals surface area contributed by atoms with Gasteiger partial charge in [0.2, 0.25) is 5.60 Å². The third-order valence-corrected chi connectivity index (χ3v) is 3.23. The first-order valence-electron chi connectivity index (χ1n) is 6.61. The number of hydrogen-bond donors (Lipinski definition) is 1. The van der Waals surface area contributed by atoms with E-state index in [0.29, 0.717) is 11.1 Å². The molecule has 0 aliphatic carbocycles. The summed E-state index contributed by atoms with van der Waals surface area (Å²) in [5.74, 6) is -0.657. The molecule has 0 saturated heterocycles. The van der Waals surface area contributed by atoms with E-state index in [0.717, 1.165) is 5.56 Å². The summed E-state index contributed by atoms with van der Waals surface area (Å²) >= 11 is 0. The molecule has 0 spiro atoms. The highest BCUT2D eigenvalue weighted by Crippen LogP contribution is 2.31. The Morgan fingerprint density at radius 1 is 1.05 bits per heavy atom. The first-order valence-corrected chi connectivity index (χ1v) is 6.61. The molecule has 0 aliphatic rings. The number of esters is 1. The van der Waals surface area contributed by atoms with E-state index in [2.05, 4.69) is 0 Å². The van der Waals surface area contributed by atoms with Crippen LogP contribution in [0, 0.1) is 6.92 Å². The molecule has 0 aliphatic heterocycles. The van der Waals surface area contributed by atoms with Gasteiger partial charge in [0.05, 0.1) is 6.61 Å². The number of rotatable bonds is 4. The van der Waals surface area contributed by atoms with Crippen molar-refractivity contribution in [2.45, 2.75) is 19.4 Å². The minimum atomic E-state index is -1.77. The average molecular weight is 270 g/mol. The molecule has 0 aromatic heterocycles. The van der Waals surface area contributed by atoms with Gasteiger partial charge in [-0.05, 0) is 25.0 Å². The quantitative estimate of drug-likeness (QED) is 0.869. The average Bonchev–Trinajstić information content (AvgIpc) is 2.48. The van der Waals surface area contributed by atoms with Crippen LogP contribution >= 0.6 is 0 Å². The van der Waals surface area contributed by atoms with Gasteiger partial charge in [-0.3, -0.25) is 0 Å². The van der Waals surface area contributed by atoms with Crippen LogP contribution in [-0.2, 0) is 15.1 Å². The van der Waals surface area contributed by atoms with Crippen LogP contribution in [0.2, 0.25) is 0 Å². The summed E-state index contributed by atoms with van der Waals surface area (Å²) in [5, 5.41) is 11.0. The van der Waals surface area contributed by atoms with Crippen LogP contribution < -0.4 is 0 Å². The number of aryl methyl sites for hydroxylation is 1. The van der Waals surface area contributed by atoms with Crippen LogP contribution in [0.3, 0.4) is 0 Å². The van der Waals surface area contributed by atoms with E-state index in [1.807, 2.05) is 25.1 Å². The van der Waals surface area contributed by atoms with Crippen molar-refractivity contribution in [3.63, 3.8) is 0 Å². The lowest BCUT2D eigenvalue weighted by atomic mass is 9.86. The zero-order chi connectivity index (χ0) is 14.6. The summed E-state index contributed by atoms with van der Waals surface area (Å²) in [6, 6.07) is 16.1. The van der Waals surface area contributed by atoms with Crippen LogP contribution in [0.25, 0.3) is 0 Å². The fraction of sp³-hybridized carbons (Fsp3) is 0.235. The van der Waals surface area contributed by atoms with Gasteiger partial charge in [-0.2, -0.15) is 0 Å². The molecule has 3 heteroatoms. The second-order valence-corrected chi connectivity index (χ2v) is 4.66. The molecule has 0 radical (unpaired) electrons. The normalized spacial score (nSPS) is 13.6. The standard InChI is InChI=1S/C17H18O3/c1-3-20-16(18)17(19,14-7-5-4-6-8-14)15-11-9-13(2)10-12-15/h4-12,19H,3H2,1-2H3/t17-/m0/s1. The minimum Gasteiger partial charge on any atom is -0.463 e. The molecule has 0 saturated carbocycles. The van der Waals surface area contributed by atoms with Gasteiger partial charge in [0.15, 0.2) is 0 Å². The Morgan fingerprint density at radius 2 is 1.60 bits per heavy atom. The van der Waals surface area contributed by atoms with Crippen molar-refractivity contribution < 1.29 is 14.6 Å². The number of carbonyl (C=O) groups is 1. The van der Waals surface area contributed by atoms with Crippen LogP contribution in [-0.4, -0.2) is 17.7 Å². The molecule has 0 bridgehead atoms. The number of benzene rings is 2. The second kappa shape index (κ2) is 5.88. The second-order valence-electron chi connectivity index (χ2n) is 4.66. The van der Waals surface area contributed by atoms with E-state index < -0.39 is 11.6 Å². The van der Waals surface area contributed by atoms with Crippen molar-refractivity contribution in [1.29, 1.82) is 0 Å². The zero-order valence-electron chi connectivity index (χ0n) is 11.7. The summed E-state index contributed by atoms with van der Waals surface area (Å²) in [4.78, 5) is 12.3. The summed E-state index contributed by atoms with van der Waals surface area (Å²) in [6.45, 7) is 3.90. The minimum absolute atomic E-state index is 0.222. The molecule has 0 fully saturated rings. The van der Waals surface area contributed by atoms with E-state index in [4.69, 9.17) is 4.74 Å². The Hall–Kier alpha value is -2.13. The van der Waals surface area contributed by atoms with Crippen molar-refractivity contribution in [1.82, 2.24) is 0 Å². The highest BCUT2D eigenvalue weighted by Gasteiger charge is 2.41. The highest BCUT2D eigenvalue weighted by atomic mass is 16.5. The lowest BCUT2D eigenvalue weighted by Gasteiger charge is -2.27. The Kier molecular flexibility index (Phi) is 4.20. The molecule has 3 nitrogen and oxygen atoms in total. The molecule has 20 heavy (non-hydrogen) atoms. The van der Waals surface area contributed by atoms with Crippen LogP contribution in [0.15, 0.2) is 54.6 Å². The third kappa shape index (κ3) is 2.58. The van der Waals surface area contributed by atoms with Gasteiger partial charge in [-0.25, -0.2) is 4.79 Å². The molecule has 1 N–H and O–H groups in total. The first-order chi connectivity index (χ1) is 9.59. The van der Waals surface area contributed by atoms with Crippen molar-refractivity contribution in [2.24, 2.45) is 0 Å². The maximum Gasteiger partial charge on any atom is 0.347 e. The van der Waals surface area contributed by atoms with Crippen molar-refractivity contribution in [2.75, 3.05) is 6.61 Å². The third-order valence-electron chi connectivity index (χ3n) is 3.23. The van der Waals surface area contributed by atoms with Crippen molar-refractivity contribution >= 4 is 5.97 Å². The van der Waals surface area contributed by atoms with E-state index in [1.165, 1.54) is 0 Å². The smallest absolute Gasteiger partial charge is 0.347 e. The van der Waals surface area contributed by atoms with Gasteiger partial charge in [-0.15, -0.1) is 0 Å². The first kappa shape index (κ1) is 14.3. The zero-order valence-corrected chi connectivity index (χ0v) is 11.7. The Bertz CT molecular complexity index is 575. The summed E-state index contributed by atoms with van der Waals surface area (Å²) in [7, 11) is 0. The van der Waals surface area contributed by atoms with Gasteiger partial charge < -0.3 is 9.84 Å². The van der Waals surface area contributed by atoms with Crippen LogP contribution in [0.5, 0.6) is 0 Å². The molecule has 0 amide bonds. The molecule has 2 aromatic carbocycles. The number of ether oxygens (including phenoxy) is 1. The van der Waals surface area contributed by atoms with Crippen LogP contribution in [0.1, 0.15) is 23.6 Å². The molecule has 1 atom stereocenters. The largest absolute Gasteiger partial charge is 0.463 e. The van der Waals surface area contributed by atoms with Crippen molar-refractivity contribution in [3.8, 4) is 0 Å². The lowest BCUT2D eigenvalue weighted by Crippen LogP contribution is -2.38. The Morgan fingerprint density at radius 3 is 2.15 bits per heavy atom. The van der Waals surface area contributed by atoms with Gasteiger partial charge in [0.25, 0.3) is 0 Å². The maximum absolute atomic E-state index is 12.3. The van der Waals surface area contributed by atoms with E-state index >= 15 is 0 Å². The molecule has 2 rings (SSSR count). The SMILES string of the molecule is CCOC(=O)[C@](O)(c1ccccc1)c1ccc(C)cc1. The number of hydrogen-bond acceptors (Lipinski definition) is 3. The maximum atomic E-state index is 12.3. The molecule has 2 aromatic rings. The van der Waals surface area contributed by atoms with Gasteiger partial charge in [-0.1, -0.05) is 60.2 Å². The van der Waals surface area contributed by atoms with Crippen molar-refractivity contribution in [3.05, 3.63) is 71.3 Å². The Balaban J connectivity index is 2.55. The monoisotopic (exact) mass is 270 g/mol. The molecular weight excluding hydrogens is 252 g/mol. The summed E-state index contributed by atoms with van der Waals surface area (Å²) in [5.41, 5.74) is 0.299. The Labute approximate surface area is 118 Å². The van der Waals surface area contributed by atoms with Gasteiger partial charge >= 0.3 is 5.97 Å². The van der Waals surface area contributed by atoms with E-state index in [-0.39, 0.29) is 6.61 Å². The highest BCUT2D eigenvalue weighted by molar-refractivity contribution is 5.85. The number of carbonyl (C=O) groups excluding carboxylic acids is 1. The van der Waals surface area contributed by atoms with Crippen LogP contribution in [0.4, 0.5) is 0 Å². The molecular formula is C17H18O3. The fourth-order valence-electron chi connectivity index (χ4n) is 2.11. The van der Waals surface area contributed by atoms with E-state index in [1.54, 1.807) is 43.3 Å². The molecule has 0 heterocycles. The van der Waals surface area contributed by atoms with Gasteiger partial charge in [0.1, 0.15) is 0 Å². The van der Waals surface area contributed by atoms with E-state index in [9.17, 15) is 9.90 Å². The predicted molar refractivity (Wildman–Crippen MR) is 77.3 cm³/mol.